The van der Waals surface area contributed by atoms with Gasteiger partial charge in [0.05, 0.1) is 7.11 Å². The zero-order valence-electron chi connectivity index (χ0n) is 14.5. The molecule has 1 aliphatic rings. The Balaban J connectivity index is 2.41. The van der Waals surface area contributed by atoms with Gasteiger partial charge in [0.25, 0.3) is 11.8 Å². The van der Waals surface area contributed by atoms with E-state index in [9.17, 15) is 14.9 Å². The van der Waals surface area contributed by atoms with Crippen LogP contribution in [-0.2, 0) is 14.3 Å². The van der Waals surface area contributed by atoms with Crippen LogP contribution in [0.3, 0.4) is 0 Å². The first kappa shape index (κ1) is 18.4. The van der Waals surface area contributed by atoms with Crippen molar-refractivity contribution in [3.8, 4) is 11.8 Å². The fraction of sp³-hybridized carbons (Fsp3) is 0.316. The molecular formula is C19H20N2O4. The van der Waals surface area contributed by atoms with E-state index in [0.717, 1.165) is 10.5 Å². The molecule has 0 aromatic heterocycles. The molecule has 6 nitrogen and oxygen atoms in total. The Kier molecular flexibility index (Phi) is 6.09. The number of benzene rings is 1. The van der Waals surface area contributed by atoms with Gasteiger partial charge in [0.2, 0.25) is 0 Å². The Bertz CT molecular complexity index is 770. The Morgan fingerprint density at radius 1 is 1.16 bits per heavy atom. The molecule has 2 amide bonds. The van der Waals surface area contributed by atoms with E-state index in [-0.39, 0.29) is 12.1 Å². The summed E-state index contributed by atoms with van der Waals surface area (Å²) in [5, 5.41) is 9.32. The highest BCUT2D eigenvalue weighted by Gasteiger charge is 2.34. The van der Waals surface area contributed by atoms with E-state index in [0.29, 0.717) is 29.9 Å². The van der Waals surface area contributed by atoms with Gasteiger partial charge in [-0.1, -0.05) is 12.1 Å². The molecule has 25 heavy (non-hydrogen) atoms. The fourth-order valence-corrected chi connectivity index (χ4v) is 2.57. The molecule has 0 unspecified atom stereocenters. The van der Waals surface area contributed by atoms with Crippen molar-refractivity contribution in [2.24, 2.45) is 0 Å². The highest BCUT2D eigenvalue weighted by Crippen LogP contribution is 2.27. The fourth-order valence-electron chi connectivity index (χ4n) is 2.57. The molecule has 0 aliphatic carbocycles. The normalized spacial score (nSPS) is 16.4. The first-order valence-corrected chi connectivity index (χ1v) is 7.85. The summed E-state index contributed by atoms with van der Waals surface area (Å²) in [4.78, 5) is 26.3. The molecule has 1 heterocycles. The Morgan fingerprint density at radius 3 is 2.40 bits per heavy atom. The summed E-state index contributed by atoms with van der Waals surface area (Å²) < 4.78 is 10.1. The number of nitrogens with zero attached hydrogens (tertiary/aromatic N) is 2. The number of hydrogen-bond donors (Lipinski definition) is 0. The molecule has 1 aliphatic heterocycles. The highest BCUT2D eigenvalue weighted by atomic mass is 16.5. The number of imide groups is 1. The van der Waals surface area contributed by atoms with Crippen LogP contribution in [0.1, 0.15) is 18.9 Å². The van der Waals surface area contributed by atoms with E-state index in [1.54, 1.807) is 39.4 Å². The summed E-state index contributed by atoms with van der Waals surface area (Å²) in [6, 6.07) is 9.11. The predicted octanol–water partition coefficient (Wildman–Crippen LogP) is 2.32. The zero-order chi connectivity index (χ0) is 18.4. The maximum atomic E-state index is 12.8. The van der Waals surface area contributed by atoms with Crippen molar-refractivity contribution in [2.45, 2.75) is 13.3 Å². The van der Waals surface area contributed by atoms with Crippen molar-refractivity contribution in [1.29, 1.82) is 5.26 Å². The van der Waals surface area contributed by atoms with Gasteiger partial charge in [-0.15, -0.1) is 0 Å². The number of nitriles is 1. The minimum absolute atomic E-state index is 0.00298. The van der Waals surface area contributed by atoms with Gasteiger partial charge >= 0.3 is 0 Å². The molecule has 1 aromatic carbocycles. The van der Waals surface area contributed by atoms with Crippen molar-refractivity contribution < 1.29 is 19.1 Å². The second-order valence-corrected chi connectivity index (χ2v) is 5.55. The van der Waals surface area contributed by atoms with Gasteiger partial charge in [-0.3, -0.25) is 14.5 Å². The Hall–Kier alpha value is -2.91. The first-order valence-electron chi connectivity index (χ1n) is 7.85. The number of hydrogen-bond acceptors (Lipinski definition) is 5. The molecular weight excluding hydrogens is 320 g/mol. The second kappa shape index (κ2) is 8.27. The van der Waals surface area contributed by atoms with E-state index in [4.69, 9.17) is 9.47 Å². The molecule has 0 saturated heterocycles. The first-order chi connectivity index (χ1) is 12.0. The molecule has 2 rings (SSSR count). The summed E-state index contributed by atoms with van der Waals surface area (Å²) in [6.07, 6.45) is 2.20. The van der Waals surface area contributed by atoms with Gasteiger partial charge in [0.1, 0.15) is 17.4 Å². The van der Waals surface area contributed by atoms with Crippen molar-refractivity contribution in [3.63, 3.8) is 0 Å². The smallest absolute Gasteiger partial charge is 0.271 e. The second-order valence-electron chi connectivity index (χ2n) is 5.55. The minimum atomic E-state index is -0.548. The van der Waals surface area contributed by atoms with Gasteiger partial charge in [-0.05, 0) is 42.7 Å². The van der Waals surface area contributed by atoms with Crippen LogP contribution >= 0.6 is 0 Å². The van der Waals surface area contributed by atoms with E-state index in [1.165, 1.54) is 0 Å². The van der Waals surface area contributed by atoms with Crippen molar-refractivity contribution in [3.05, 3.63) is 46.5 Å². The van der Waals surface area contributed by atoms with E-state index in [2.05, 4.69) is 0 Å². The minimum Gasteiger partial charge on any atom is -0.497 e. The quantitative estimate of drug-likeness (QED) is 0.451. The summed E-state index contributed by atoms with van der Waals surface area (Å²) in [5.74, 6) is -0.236. The topological polar surface area (TPSA) is 79.6 Å². The summed E-state index contributed by atoms with van der Waals surface area (Å²) in [6.45, 7) is 2.26. The van der Waals surface area contributed by atoms with Gasteiger partial charge in [-0.25, -0.2) is 0 Å². The van der Waals surface area contributed by atoms with Crippen molar-refractivity contribution >= 4 is 17.9 Å². The lowest BCUT2D eigenvalue weighted by Crippen LogP contribution is -2.43. The lowest BCUT2D eigenvalue weighted by molar-refractivity contribution is -0.140. The average Bonchev–Trinajstić information content (AvgIpc) is 2.62. The molecule has 0 atom stereocenters. The van der Waals surface area contributed by atoms with Gasteiger partial charge in [0.15, 0.2) is 0 Å². The number of ether oxygens (including phenoxy) is 2. The monoisotopic (exact) mass is 340 g/mol. The van der Waals surface area contributed by atoms with Crippen LogP contribution in [-0.4, -0.2) is 44.1 Å². The van der Waals surface area contributed by atoms with E-state index in [1.807, 2.05) is 18.2 Å². The summed E-state index contributed by atoms with van der Waals surface area (Å²) >= 11 is 0. The number of carbonyl (C=O) groups is 2. The van der Waals surface area contributed by atoms with E-state index < -0.39 is 11.8 Å². The van der Waals surface area contributed by atoms with Crippen LogP contribution in [0.4, 0.5) is 0 Å². The van der Waals surface area contributed by atoms with Gasteiger partial charge in [0, 0.05) is 25.8 Å². The maximum absolute atomic E-state index is 12.8. The third-order valence-corrected chi connectivity index (χ3v) is 3.98. The van der Waals surface area contributed by atoms with Gasteiger partial charge < -0.3 is 9.47 Å². The molecule has 0 saturated carbocycles. The molecule has 0 fully saturated rings. The van der Waals surface area contributed by atoms with Gasteiger partial charge in [-0.2, -0.15) is 5.26 Å². The third-order valence-electron chi connectivity index (χ3n) is 3.98. The number of amides is 2. The molecule has 130 valence electrons. The largest absolute Gasteiger partial charge is 0.497 e. The Labute approximate surface area is 146 Å². The number of carbonyl (C=O) groups excluding carboxylic acids is 2. The molecule has 0 N–H and O–H groups in total. The molecule has 0 bridgehead atoms. The highest BCUT2D eigenvalue weighted by molar-refractivity contribution is 6.19. The molecule has 0 spiro atoms. The van der Waals surface area contributed by atoms with Crippen LogP contribution in [0.2, 0.25) is 0 Å². The molecule has 6 heteroatoms. The van der Waals surface area contributed by atoms with Crippen LogP contribution in [0.5, 0.6) is 5.75 Å². The van der Waals surface area contributed by atoms with Crippen LogP contribution in [0.25, 0.3) is 6.08 Å². The number of rotatable bonds is 6. The maximum Gasteiger partial charge on any atom is 0.271 e. The average molecular weight is 340 g/mol. The Morgan fingerprint density at radius 2 is 1.84 bits per heavy atom. The lowest BCUT2D eigenvalue weighted by Gasteiger charge is -2.27. The van der Waals surface area contributed by atoms with E-state index >= 15 is 0 Å². The zero-order valence-corrected chi connectivity index (χ0v) is 14.5. The lowest BCUT2D eigenvalue weighted by atomic mass is 9.93. The van der Waals surface area contributed by atoms with Crippen molar-refractivity contribution in [1.82, 2.24) is 4.90 Å². The summed E-state index contributed by atoms with van der Waals surface area (Å²) in [7, 11) is 3.13. The summed E-state index contributed by atoms with van der Waals surface area (Å²) in [5.41, 5.74) is 1.53. The van der Waals surface area contributed by atoms with Crippen molar-refractivity contribution in [2.75, 3.05) is 27.4 Å². The molecule has 0 radical (unpaired) electrons. The van der Waals surface area contributed by atoms with Crippen LogP contribution < -0.4 is 4.74 Å². The third kappa shape index (κ3) is 3.95. The SMILES string of the molecule is COCCCN1C(=O)C(C#N)=C(C)/C(=C\c2ccc(OC)cc2)C1=O. The standard InChI is InChI=1S/C19H20N2O4/c1-13-16(11-14-5-7-15(25-3)8-6-14)18(22)21(9-4-10-24-2)19(23)17(13)12-20/h5-8,11H,4,9-10H2,1-3H3/b16-11+. The van der Waals surface area contributed by atoms with Crippen LogP contribution in [0, 0.1) is 11.3 Å². The predicted molar refractivity (Wildman–Crippen MR) is 92.5 cm³/mol. The number of methoxy groups -OCH3 is 2. The molecule has 1 aromatic rings. The van der Waals surface area contributed by atoms with Crippen LogP contribution in [0.15, 0.2) is 41.0 Å².